The van der Waals surface area contributed by atoms with Crippen LogP contribution in [0, 0.1) is 6.92 Å². The average molecular weight is 381 g/mol. The first-order valence-electron chi connectivity index (χ1n) is 9.49. The number of rotatable bonds is 5. The molecule has 0 aromatic heterocycles. The Labute approximate surface area is 166 Å². The molecule has 1 aliphatic rings. The summed E-state index contributed by atoms with van der Waals surface area (Å²) in [5, 5.41) is 2.97. The maximum absolute atomic E-state index is 12.6. The highest BCUT2D eigenvalue weighted by molar-refractivity contribution is 5.85. The zero-order chi connectivity index (χ0) is 20.1. The zero-order valence-electron chi connectivity index (χ0n) is 16.6. The van der Waals surface area contributed by atoms with Crippen LogP contribution in [-0.2, 0) is 11.3 Å². The summed E-state index contributed by atoms with van der Waals surface area (Å²) in [4.78, 5) is 28.5. The molecule has 2 aromatic carbocycles. The van der Waals surface area contributed by atoms with Gasteiger partial charge in [-0.05, 0) is 37.1 Å². The summed E-state index contributed by atoms with van der Waals surface area (Å²) in [5.41, 5.74) is 3.25. The molecule has 1 N–H and O–H groups in total. The Kier molecular flexibility index (Phi) is 6.19. The van der Waals surface area contributed by atoms with Gasteiger partial charge in [0.25, 0.3) is 0 Å². The normalized spacial score (nSPS) is 15.3. The van der Waals surface area contributed by atoms with Crippen LogP contribution in [-0.4, -0.2) is 48.5 Å². The number of aryl methyl sites for hydroxylation is 1. The summed E-state index contributed by atoms with van der Waals surface area (Å²) < 4.78 is 5.23. The lowest BCUT2D eigenvalue weighted by molar-refractivity contribution is -0.135. The molecule has 0 unspecified atom stereocenters. The fraction of sp³-hybridized carbons (Fsp3) is 0.364. The molecule has 148 valence electrons. The number of urea groups is 1. The maximum atomic E-state index is 12.6. The minimum Gasteiger partial charge on any atom is -0.497 e. The first-order valence-corrected chi connectivity index (χ1v) is 9.49. The van der Waals surface area contributed by atoms with Crippen LogP contribution in [0.25, 0.3) is 0 Å². The van der Waals surface area contributed by atoms with Gasteiger partial charge in [0.2, 0.25) is 5.91 Å². The molecule has 0 bridgehead atoms. The van der Waals surface area contributed by atoms with Gasteiger partial charge in [0.05, 0.1) is 13.2 Å². The molecule has 0 aliphatic carbocycles. The van der Waals surface area contributed by atoms with Crippen LogP contribution in [0.1, 0.15) is 29.7 Å². The predicted octanol–water partition coefficient (Wildman–Crippen LogP) is 3.12. The first kappa shape index (κ1) is 19.7. The molecule has 2 aromatic rings. The topological polar surface area (TPSA) is 61.9 Å². The van der Waals surface area contributed by atoms with Gasteiger partial charge in [-0.2, -0.15) is 0 Å². The second-order valence-corrected chi connectivity index (χ2v) is 7.17. The van der Waals surface area contributed by atoms with Crippen LogP contribution in [0.3, 0.4) is 0 Å². The van der Waals surface area contributed by atoms with Crippen molar-refractivity contribution < 1.29 is 14.3 Å². The number of nitrogens with one attached hydrogen (secondary N) is 1. The van der Waals surface area contributed by atoms with E-state index >= 15 is 0 Å². The van der Waals surface area contributed by atoms with E-state index in [1.165, 1.54) is 5.56 Å². The number of hydrogen-bond donors (Lipinski definition) is 1. The van der Waals surface area contributed by atoms with Crippen molar-refractivity contribution in [3.05, 3.63) is 65.2 Å². The molecule has 1 aliphatic heterocycles. The van der Waals surface area contributed by atoms with Gasteiger partial charge in [-0.15, -0.1) is 0 Å². The van der Waals surface area contributed by atoms with Gasteiger partial charge in [0.15, 0.2) is 0 Å². The lowest BCUT2D eigenvalue weighted by atomic mass is 10.1. The SMILES string of the molecule is COc1cccc([C@H](C)NC(=O)N2CCN(Cc3ccc(C)cc3)C(=O)C2)c1. The summed E-state index contributed by atoms with van der Waals surface area (Å²) >= 11 is 0. The molecule has 0 spiro atoms. The Balaban J connectivity index is 1.54. The van der Waals surface area contributed by atoms with Gasteiger partial charge in [0, 0.05) is 19.6 Å². The van der Waals surface area contributed by atoms with Gasteiger partial charge in [-0.25, -0.2) is 4.79 Å². The number of carbonyl (C=O) groups excluding carboxylic acids is 2. The quantitative estimate of drug-likeness (QED) is 0.866. The summed E-state index contributed by atoms with van der Waals surface area (Å²) in [5.74, 6) is 0.717. The lowest BCUT2D eigenvalue weighted by Gasteiger charge is -2.35. The van der Waals surface area contributed by atoms with E-state index in [2.05, 4.69) is 5.32 Å². The number of nitrogens with zero attached hydrogens (tertiary/aromatic N) is 2. The van der Waals surface area contributed by atoms with E-state index in [-0.39, 0.29) is 24.5 Å². The van der Waals surface area contributed by atoms with Crippen molar-refractivity contribution in [1.82, 2.24) is 15.1 Å². The molecular weight excluding hydrogens is 354 g/mol. The highest BCUT2D eigenvalue weighted by atomic mass is 16.5. The fourth-order valence-corrected chi connectivity index (χ4v) is 3.23. The highest BCUT2D eigenvalue weighted by Gasteiger charge is 2.27. The first-order chi connectivity index (χ1) is 13.5. The van der Waals surface area contributed by atoms with Crippen LogP contribution in [0.5, 0.6) is 5.75 Å². The third-order valence-electron chi connectivity index (χ3n) is 5.03. The molecule has 6 heteroatoms. The summed E-state index contributed by atoms with van der Waals surface area (Å²) in [7, 11) is 1.62. The Morgan fingerprint density at radius 3 is 2.61 bits per heavy atom. The molecule has 1 atom stereocenters. The Morgan fingerprint density at radius 2 is 1.93 bits per heavy atom. The Bertz CT molecular complexity index is 835. The van der Waals surface area contributed by atoms with Crippen molar-refractivity contribution in [3.63, 3.8) is 0 Å². The molecule has 1 saturated heterocycles. The number of hydrogen-bond acceptors (Lipinski definition) is 3. The van der Waals surface area contributed by atoms with E-state index in [1.54, 1.807) is 16.9 Å². The molecule has 3 amide bonds. The molecule has 3 rings (SSSR count). The molecule has 28 heavy (non-hydrogen) atoms. The number of carbonyl (C=O) groups is 2. The largest absolute Gasteiger partial charge is 0.497 e. The second-order valence-electron chi connectivity index (χ2n) is 7.17. The van der Waals surface area contributed by atoms with Gasteiger partial charge < -0.3 is 19.9 Å². The third-order valence-corrected chi connectivity index (χ3v) is 5.03. The highest BCUT2D eigenvalue weighted by Crippen LogP contribution is 2.19. The van der Waals surface area contributed by atoms with Crippen molar-refractivity contribution >= 4 is 11.9 Å². The van der Waals surface area contributed by atoms with Crippen LogP contribution in [0.15, 0.2) is 48.5 Å². The summed E-state index contributed by atoms with van der Waals surface area (Å²) in [6, 6.07) is 15.4. The van der Waals surface area contributed by atoms with Crippen LogP contribution in [0.2, 0.25) is 0 Å². The van der Waals surface area contributed by atoms with Gasteiger partial charge in [0.1, 0.15) is 12.3 Å². The van der Waals surface area contributed by atoms with Crippen molar-refractivity contribution in [3.8, 4) is 5.75 Å². The zero-order valence-corrected chi connectivity index (χ0v) is 16.6. The van der Waals surface area contributed by atoms with Crippen LogP contribution < -0.4 is 10.1 Å². The summed E-state index contributed by atoms with van der Waals surface area (Å²) in [6.45, 7) is 5.69. The molecule has 0 radical (unpaired) electrons. The minimum atomic E-state index is -0.223. The molecule has 1 heterocycles. The predicted molar refractivity (Wildman–Crippen MR) is 108 cm³/mol. The molecule has 6 nitrogen and oxygen atoms in total. The summed E-state index contributed by atoms with van der Waals surface area (Å²) in [6.07, 6.45) is 0. The number of benzene rings is 2. The maximum Gasteiger partial charge on any atom is 0.318 e. The number of piperazine rings is 1. The Morgan fingerprint density at radius 1 is 1.18 bits per heavy atom. The van der Waals surface area contributed by atoms with Gasteiger partial charge in [-0.1, -0.05) is 42.0 Å². The van der Waals surface area contributed by atoms with Crippen molar-refractivity contribution in [2.75, 3.05) is 26.7 Å². The van der Waals surface area contributed by atoms with E-state index in [4.69, 9.17) is 4.74 Å². The van der Waals surface area contributed by atoms with E-state index in [9.17, 15) is 9.59 Å². The Hall–Kier alpha value is -3.02. The standard InChI is InChI=1S/C22H27N3O3/c1-16-7-9-18(10-8-16)14-24-11-12-25(15-21(24)26)22(27)23-17(2)19-5-4-6-20(13-19)28-3/h4-10,13,17H,11-12,14-15H2,1-3H3,(H,23,27)/t17-/m0/s1. The van der Waals surface area contributed by atoms with Crippen molar-refractivity contribution in [2.24, 2.45) is 0 Å². The molecule has 1 fully saturated rings. The fourth-order valence-electron chi connectivity index (χ4n) is 3.23. The van der Waals surface area contributed by atoms with Crippen molar-refractivity contribution in [1.29, 1.82) is 0 Å². The molecule has 0 saturated carbocycles. The van der Waals surface area contributed by atoms with Crippen LogP contribution in [0.4, 0.5) is 4.79 Å². The van der Waals surface area contributed by atoms with E-state index in [0.717, 1.165) is 16.9 Å². The van der Waals surface area contributed by atoms with Crippen molar-refractivity contribution in [2.45, 2.75) is 26.4 Å². The monoisotopic (exact) mass is 381 g/mol. The third kappa shape index (κ3) is 4.82. The second kappa shape index (κ2) is 8.78. The van der Waals surface area contributed by atoms with Gasteiger partial charge in [-0.3, -0.25) is 4.79 Å². The van der Waals surface area contributed by atoms with E-state index in [0.29, 0.717) is 19.6 Å². The number of amides is 3. The smallest absolute Gasteiger partial charge is 0.318 e. The minimum absolute atomic E-state index is 0.0315. The number of ether oxygens (including phenoxy) is 1. The number of methoxy groups -OCH3 is 1. The van der Waals surface area contributed by atoms with Gasteiger partial charge >= 0.3 is 6.03 Å². The van der Waals surface area contributed by atoms with Crippen LogP contribution >= 0.6 is 0 Å². The lowest BCUT2D eigenvalue weighted by Crippen LogP contribution is -2.54. The average Bonchev–Trinajstić information content (AvgIpc) is 2.71. The van der Waals surface area contributed by atoms with E-state index < -0.39 is 0 Å². The van der Waals surface area contributed by atoms with E-state index in [1.807, 2.05) is 62.4 Å². The molecular formula is C22H27N3O3.